The number of rotatable bonds is 3. The van der Waals surface area contributed by atoms with Crippen LogP contribution in [-0.4, -0.2) is 63.7 Å². The van der Waals surface area contributed by atoms with Crippen LogP contribution in [0.2, 0.25) is 0 Å². The number of carbonyl (C=O) groups is 1. The first-order chi connectivity index (χ1) is 13.6. The average molecular weight is 372 g/mol. The van der Waals surface area contributed by atoms with Gasteiger partial charge < -0.3 is 9.80 Å². The number of amides is 1. The smallest absolute Gasteiger partial charge is 0.255 e. The van der Waals surface area contributed by atoms with E-state index in [1.54, 1.807) is 29.2 Å². The van der Waals surface area contributed by atoms with E-state index in [-0.39, 0.29) is 5.91 Å². The topological polar surface area (TPSA) is 78.0 Å². The lowest BCUT2D eigenvalue weighted by molar-refractivity contribution is 0.0663. The number of nitrogens with zero attached hydrogens (tertiary/aromatic N) is 6. The van der Waals surface area contributed by atoms with Gasteiger partial charge in [-0.1, -0.05) is 0 Å². The molecule has 1 aliphatic rings. The maximum absolute atomic E-state index is 12.6. The third kappa shape index (κ3) is 3.63. The van der Waals surface area contributed by atoms with Crippen LogP contribution in [0.1, 0.15) is 15.9 Å². The molecule has 0 aliphatic carbocycles. The fourth-order valence-electron chi connectivity index (χ4n) is 3.17. The van der Waals surface area contributed by atoms with Crippen molar-refractivity contribution in [3.05, 3.63) is 66.1 Å². The molecule has 0 spiro atoms. The van der Waals surface area contributed by atoms with Crippen molar-refractivity contribution < 1.29 is 4.79 Å². The van der Waals surface area contributed by atoms with Crippen molar-refractivity contribution in [2.75, 3.05) is 33.2 Å². The fraction of sp³-hybridized carbons (Fsp3) is 0.238. The lowest BCUT2D eigenvalue weighted by Crippen LogP contribution is -2.47. The van der Waals surface area contributed by atoms with Gasteiger partial charge in [0, 0.05) is 44.1 Å². The summed E-state index contributed by atoms with van der Waals surface area (Å²) in [6.45, 7) is 3.28. The number of hydrogen-bond acceptors (Lipinski definition) is 5. The molecule has 1 aliphatic heterocycles. The van der Waals surface area contributed by atoms with Crippen molar-refractivity contribution in [2.24, 2.45) is 0 Å². The summed E-state index contributed by atoms with van der Waals surface area (Å²) in [5, 5.41) is 13.3. The normalized spacial score (nSPS) is 14.6. The first-order valence-electron chi connectivity index (χ1n) is 9.13. The largest absolute Gasteiger partial charge is 0.336 e. The van der Waals surface area contributed by atoms with Crippen LogP contribution in [0.5, 0.6) is 0 Å². The molecule has 1 fully saturated rings. The minimum Gasteiger partial charge on any atom is -0.336 e. The lowest BCUT2D eigenvalue weighted by Gasteiger charge is -2.32. The maximum atomic E-state index is 12.6. The standard InChI is InChI=1S/C21H20N6O/c1-25-8-10-26(11-9-25)21(28)17-4-7-20(23-13-17)18-14-24-27(15-18)19-5-2-16(12-22)3-6-19/h2-7,13-15H,8-11H2,1H3. The minimum atomic E-state index is 0.0282. The van der Waals surface area contributed by atoms with Crippen LogP contribution < -0.4 is 0 Å². The second-order valence-corrected chi connectivity index (χ2v) is 6.86. The quantitative estimate of drug-likeness (QED) is 0.704. The third-order valence-corrected chi connectivity index (χ3v) is 4.94. The van der Waals surface area contributed by atoms with Gasteiger partial charge in [0.1, 0.15) is 0 Å². The Morgan fingerprint density at radius 3 is 2.43 bits per heavy atom. The molecule has 28 heavy (non-hydrogen) atoms. The van der Waals surface area contributed by atoms with Gasteiger partial charge in [0.05, 0.1) is 34.8 Å². The van der Waals surface area contributed by atoms with E-state index >= 15 is 0 Å². The van der Waals surface area contributed by atoms with Gasteiger partial charge in [-0.3, -0.25) is 9.78 Å². The van der Waals surface area contributed by atoms with Crippen LogP contribution in [0.4, 0.5) is 0 Å². The fourth-order valence-corrected chi connectivity index (χ4v) is 3.17. The predicted octanol–water partition coefficient (Wildman–Crippen LogP) is 2.19. The van der Waals surface area contributed by atoms with E-state index in [9.17, 15) is 4.79 Å². The molecule has 1 amide bonds. The third-order valence-electron chi connectivity index (χ3n) is 4.94. The summed E-state index contributed by atoms with van der Waals surface area (Å²) in [4.78, 5) is 21.2. The molecule has 0 bridgehead atoms. The molecule has 1 aromatic carbocycles. The van der Waals surface area contributed by atoms with E-state index in [1.165, 1.54) is 0 Å². The molecule has 1 saturated heterocycles. The van der Waals surface area contributed by atoms with Gasteiger partial charge in [0.2, 0.25) is 0 Å². The van der Waals surface area contributed by atoms with Gasteiger partial charge in [0.15, 0.2) is 0 Å². The highest BCUT2D eigenvalue weighted by molar-refractivity contribution is 5.94. The highest BCUT2D eigenvalue weighted by Gasteiger charge is 2.20. The van der Waals surface area contributed by atoms with E-state index in [2.05, 4.69) is 28.1 Å². The van der Waals surface area contributed by atoms with Crippen molar-refractivity contribution >= 4 is 5.91 Å². The van der Waals surface area contributed by atoms with Crippen molar-refractivity contribution in [2.45, 2.75) is 0 Å². The van der Waals surface area contributed by atoms with E-state index in [0.717, 1.165) is 43.1 Å². The maximum Gasteiger partial charge on any atom is 0.255 e. The number of pyridine rings is 1. The zero-order valence-electron chi connectivity index (χ0n) is 15.6. The van der Waals surface area contributed by atoms with Crippen LogP contribution in [0.3, 0.4) is 0 Å². The first-order valence-corrected chi connectivity index (χ1v) is 9.13. The predicted molar refractivity (Wildman–Crippen MR) is 105 cm³/mol. The summed E-state index contributed by atoms with van der Waals surface area (Å²) in [7, 11) is 2.07. The Hall–Kier alpha value is -3.50. The molecule has 0 saturated carbocycles. The molecule has 140 valence electrons. The van der Waals surface area contributed by atoms with Crippen molar-refractivity contribution in [1.82, 2.24) is 24.6 Å². The molecule has 4 rings (SSSR count). The molecule has 3 aromatic rings. The van der Waals surface area contributed by atoms with Gasteiger partial charge >= 0.3 is 0 Å². The Labute approximate surface area is 163 Å². The summed E-state index contributed by atoms with van der Waals surface area (Å²) in [5.74, 6) is 0.0282. The van der Waals surface area contributed by atoms with Crippen LogP contribution >= 0.6 is 0 Å². The van der Waals surface area contributed by atoms with Crippen molar-refractivity contribution in [1.29, 1.82) is 5.26 Å². The van der Waals surface area contributed by atoms with Gasteiger partial charge in [-0.25, -0.2) is 4.68 Å². The van der Waals surface area contributed by atoms with Crippen LogP contribution in [0.15, 0.2) is 55.0 Å². The second-order valence-electron chi connectivity index (χ2n) is 6.86. The Morgan fingerprint density at radius 1 is 1.04 bits per heavy atom. The number of nitriles is 1. The molecular formula is C21H20N6O. The van der Waals surface area contributed by atoms with Crippen molar-refractivity contribution in [3.8, 4) is 23.0 Å². The zero-order chi connectivity index (χ0) is 19.5. The monoisotopic (exact) mass is 372 g/mol. The molecule has 2 aromatic heterocycles. The van der Waals surface area contributed by atoms with E-state index in [1.807, 2.05) is 35.4 Å². The highest BCUT2D eigenvalue weighted by Crippen LogP contribution is 2.19. The second kappa shape index (κ2) is 7.62. The molecule has 7 heteroatoms. The van der Waals surface area contributed by atoms with Gasteiger partial charge in [-0.05, 0) is 43.4 Å². The van der Waals surface area contributed by atoms with Gasteiger partial charge in [-0.15, -0.1) is 0 Å². The Kier molecular flexibility index (Phi) is 4.87. The number of carbonyl (C=O) groups excluding carboxylic acids is 1. The van der Waals surface area contributed by atoms with E-state index in [4.69, 9.17) is 5.26 Å². The molecule has 0 N–H and O–H groups in total. The van der Waals surface area contributed by atoms with E-state index < -0.39 is 0 Å². The summed E-state index contributed by atoms with van der Waals surface area (Å²) >= 11 is 0. The summed E-state index contributed by atoms with van der Waals surface area (Å²) < 4.78 is 1.74. The summed E-state index contributed by atoms with van der Waals surface area (Å²) in [6.07, 6.45) is 5.25. The van der Waals surface area contributed by atoms with Gasteiger partial charge in [-0.2, -0.15) is 10.4 Å². The summed E-state index contributed by atoms with van der Waals surface area (Å²) in [5.41, 5.74) is 3.70. The SMILES string of the molecule is CN1CCN(C(=O)c2ccc(-c3cnn(-c4ccc(C#N)cc4)c3)nc2)CC1. The Morgan fingerprint density at radius 2 is 1.79 bits per heavy atom. The van der Waals surface area contributed by atoms with Crippen LogP contribution in [-0.2, 0) is 0 Å². The molecule has 0 atom stereocenters. The minimum absolute atomic E-state index is 0.0282. The Bertz CT molecular complexity index is 1010. The number of hydrogen-bond donors (Lipinski definition) is 0. The molecule has 7 nitrogen and oxygen atoms in total. The van der Waals surface area contributed by atoms with Crippen LogP contribution in [0.25, 0.3) is 16.9 Å². The molecular weight excluding hydrogens is 352 g/mol. The zero-order valence-corrected chi connectivity index (χ0v) is 15.6. The van der Waals surface area contributed by atoms with Gasteiger partial charge in [0.25, 0.3) is 5.91 Å². The van der Waals surface area contributed by atoms with Crippen molar-refractivity contribution in [3.63, 3.8) is 0 Å². The summed E-state index contributed by atoms with van der Waals surface area (Å²) in [6, 6.07) is 13.0. The number of likely N-dealkylation sites (N-methyl/N-ethyl adjacent to an activating group) is 1. The Balaban J connectivity index is 1.49. The first kappa shape index (κ1) is 17.9. The highest BCUT2D eigenvalue weighted by atomic mass is 16.2. The average Bonchev–Trinajstić information content (AvgIpc) is 3.24. The molecule has 0 unspecified atom stereocenters. The number of piperazine rings is 1. The molecule has 3 heterocycles. The van der Waals surface area contributed by atoms with E-state index in [0.29, 0.717) is 11.1 Å². The van der Waals surface area contributed by atoms with Crippen LogP contribution in [0, 0.1) is 11.3 Å². The lowest BCUT2D eigenvalue weighted by atomic mass is 10.1. The molecule has 0 radical (unpaired) electrons. The number of benzene rings is 1. The number of aromatic nitrogens is 3.